The van der Waals surface area contributed by atoms with Crippen LogP contribution in [0.4, 0.5) is 10.6 Å². The number of urea groups is 1. The van der Waals surface area contributed by atoms with Gasteiger partial charge >= 0.3 is 11.7 Å². The molecule has 2 amide bonds. The Hall–Kier alpha value is -3.10. The number of benzene rings is 1. The summed E-state index contributed by atoms with van der Waals surface area (Å²) < 4.78 is 4.85. The second-order valence-electron chi connectivity index (χ2n) is 6.21. The summed E-state index contributed by atoms with van der Waals surface area (Å²) in [4.78, 5) is 23.9. The van der Waals surface area contributed by atoms with E-state index in [1.165, 1.54) is 0 Å². The number of hydrogen-bond donors (Lipinski definition) is 2. The predicted octanol–water partition coefficient (Wildman–Crippen LogP) is 1.37. The molecule has 0 radical (unpaired) electrons. The van der Waals surface area contributed by atoms with Crippen LogP contribution < -0.4 is 16.3 Å². The molecule has 0 aliphatic rings. The average Bonchev–Trinajstić information content (AvgIpc) is 3.13. The van der Waals surface area contributed by atoms with Crippen LogP contribution in [0.25, 0.3) is 11.0 Å². The summed E-state index contributed by atoms with van der Waals surface area (Å²) in [6.45, 7) is 4.29. The Kier molecular flexibility index (Phi) is 4.30. The van der Waals surface area contributed by atoms with Crippen LogP contribution in [0.15, 0.2) is 29.2 Å². The highest BCUT2D eigenvalue weighted by atomic mass is 16.2. The summed E-state index contributed by atoms with van der Waals surface area (Å²) >= 11 is 0. The van der Waals surface area contributed by atoms with Gasteiger partial charge in [0.25, 0.3) is 0 Å². The molecule has 0 saturated heterocycles. The highest BCUT2D eigenvalue weighted by Gasteiger charge is 2.10. The first-order chi connectivity index (χ1) is 11.9. The van der Waals surface area contributed by atoms with Crippen molar-refractivity contribution in [2.45, 2.75) is 26.4 Å². The number of amides is 2. The van der Waals surface area contributed by atoms with Gasteiger partial charge in [0.1, 0.15) is 0 Å². The number of aromatic nitrogens is 5. The van der Waals surface area contributed by atoms with Crippen molar-refractivity contribution in [2.24, 2.45) is 14.1 Å². The lowest BCUT2D eigenvalue weighted by Crippen LogP contribution is -2.28. The Morgan fingerprint density at radius 3 is 2.60 bits per heavy atom. The normalized spacial score (nSPS) is 11.2. The quantitative estimate of drug-likeness (QED) is 0.747. The molecule has 0 saturated carbocycles. The van der Waals surface area contributed by atoms with Crippen molar-refractivity contribution >= 4 is 22.9 Å². The number of imidazole rings is 1. The number of rotatable bonds is 4. The minimum absolute atomic E-state index is 0.0777. The number of carbonyl (C=O) groups is 1. The molecule has 2 aromatic heterocycles. The van der Waals surface area contributed by atoms with E-state index < -0.39 is 0 Å². The Balaban J connectivity index is 1.66. The van der Waals surface area contributed by atoms with Crippen LogP contribution >= 0.6 is 0 Å². The second-order valence-corrected chi connectivity index (χ2v) is 6.21. The van der Waals surface area contributed by atoms with Gasteiger partial charge in [-0.05, 0) is 31.5 Å². The van der Waals surface area contributed by atoms with Gasteiger partial charge in [0, 0.05) is 26.7 Å². The van der Waals surface area contributed by atoms with Crippen molar-refractivity contribution < 1.29 is 4.79 Å². The van der Waals surface area contributed by atoms with Gasteiger partial charge in [-0.25, -0.2) is 14.3 Å². The first-order valence-corrected chi connectivity index (χ1v) is 7.98. The van der Waals surface area contributed by atoms with Gasteiger partial charge in [0.05, 0.1) is 17.2 Å². The molecular weight excluding hydrogens is 322 g/mol. The molecule has 0 spiro atoms. The van der Waals surface area contributed by atoms with E-state index in [0.29, 0.717) is 12.4 Å². The van der Waals surface area contributed by atoms with Crippen molar-refractivity contribution in [1.29, 1.82) is 0 Å². The number of aryl methyl sites for hydroxylation is 2. The third kappa shape index (κ3) is 3.25. The highest BCUT2D eigenvalue weighted by molar-refractivity contribution is 5.88. The van der Waals surface area contributed by atoms with Crippen LogP contribution in [0.5, 0.6) is 0 Å². The number of nitrogens with one attached hydrogen (secondary N) is 2. The monoisotopic (exact) mass is 343 g/mol. The third-order valence-corrected chi connectivity index (χ3v) is 4.07. The number of carbonyl (C=O) groups excluding carboxylic acids is 1. The van der Waals surface area contributed by atoms with Crippen LogP contribution in [-0.4, -0.2) is 30.2 Å². The maximum Gasteiger partial charge on any atom is 0.328 e. The summed E-state index contributed by atoms with van der Waals surface area (Å²) in [5.41, 5.74) is 2.50. The van der Waals surface area contributed by atoms with Crippen molar-refractivity contribution in [3.8, 4) is 0 Å². The summed E-state index contributed by atoms with van der Waals surface area (Å²) in [6.07, 6.45) is 1.68. The van der Waals surface area contributed by atoms with Crippen LogP contribution in [0.1, 0.15) is 25.5 Å². The molecular formula is C16H21N7O2. The van der Waals surface area contributed by atoms with E-state index in [0.717, 1.165) is 16.6 Å². The molecule has 3 aromatic rings. The molecule has 25 heavy (non-hydrogen) atoms. The Bertz CT molecular complexity index is 980. The predicted molar refractivity (Wildman–Crippen MR) is 94.4 cm³/mol. The van der Waals surface area contributed by atoms with E-state index in [4.69, 9.17) is 0 Å². The van der Waals surface area contributed by atoms with E-state index in [2.05, 4.69) is 20.9 Å². The van der Waals surface area contributed by atoms with Crippen LogP contribution in [0.3, 0.4) is 0 Å². The molecule has 132 valence electrons. The van der Waals surface area contributed by atoms with Gasteiger partial charge < -0.3 is 5.32 Å². The number of fused-ring (bicyclic) bond motifs is 1. The summed E-state index contributed by atoms with van der Waals surface area (Å²) in [5.74, 6) is 0.395. The smallest absolute Gasteiger partial charge is 0.328 e. The SMILES string of the molecule is CC(C)n1cc(NC(=O)NCc2ccc3c(c2)n(C)c(=O)n3C)nn1. The Labute approximate surface area is 144 Å². The van der Waals surface area contributed by atoms with Gasteiger partial charge in [-0.15, -0.1) is 5.10 Å². The minimum Gasteiger partial charge on any atom is -0.334 e. The van der Waals surface area contributed by atoms with E-state index in [-0.39, 0.29) is 17.8 Å². The molecule has 2 heterocycles. The van der Waals surface area contributed by atoms with Crippen molar-refractivity contribution in [3.63, 3.8) is 0 Å². The molecule has 9 heteroatoms. The van der Waals surface area contributed by atoms with Gasteiger partial charge in [-0.2, -0.15) is 0 Å². The lowest BCUT2D eigenvalue weighted by Gasteiger charge is -2.06. The molecule has 0 aliphatic heterocycles. The standard InChI is InChI=1S/C16H21N7O2/c1-10(2)23-9-14(19-20-23)18-15(24)17-8-11-5-6-12-13(7-11)22(4)16(25)21(12)3/h5-7,9-10H,8H2,1-4H3,(H2,17,18,24). The lowest BCUT2D eigenvalue weighted by molar-refractivity contribution is 0.251. The van der Waals surface area contributed by atoms with Gasteiger partial charge in [-0.1, -0.05) is 11.3 Å². The van der Waals surface area contributed by atoms with Gasteiger partial charge in [-0.3, -0.25) is 14.5 Å². The minimum atomic E-state index is -0.363. The molecule has 0 fully saturated rings. The Morgan fingerprint density at radius 2 is 1.92 bits per heavy atom. The molecule has 9 nitrogen and oxygen atoms in total. The fourth-order valence-corrected chi connectivity index (χ4v) is 2.59. The largest absolute Gasteiger partial charge is 0.334 e. The van der Waals surface area contributed by atoms with E-state index >= 15 is 0 Å². The third-order valence-electron chi connectivity index (χ3n) is 4.07. The topological polar surface area (TPSA) is 98.8 Å². The van der Waals surface area contributed by atoms with E-state index in [1.54, 1.807) is 34.1 Å². The van der Waals surface area contributed by atoms with Gasteiger partial charge in [0.2, 0.25) is 0 Å². The fraction of sp³-hybridized carbons (Fsp3) is 0.375. The van der Waals surface area contributed by atoms with Crippen LogP contribution in [0, 0.1) is 0 Å². The fourth-order valence-electron chi connectivity index (χ4n) is 2.59. The summed E-state index contributed by atoms with van der Waals surface area (Å²) in [5, 5.41) is 13.2. The molecule has 1 aromatic carbocycles. The number of hydrogen-bond acceptors (Lipinski definition) is 4. The van der Waals surface area contributed by atoms with E-state index in [9.17, 15) is 9.59 Å². The Morgan fingerprint density at radius 1 is 1.20 bits per heavy atom. The maximum absolute atomic E-state index is 12.0. The van der Waals surface area contributed by atoms with Crippen molar-refractivity contribution in [1.82, 2.24) is 29.4 Å². The molecule has 2 N–H and O–H groups in total. The summed E-state index contributed by atoms with van der Waals surface area (Å²) in [6, 6.07) is 5.47. The van der Waals surface area contributed by atoms with Crippen LogP contribution in [0.2, 0.25) is 0 Å². The zero-order valence-electron chi connectivity index (χ0n) is 14.6. The van der Waals surface area contributed by atoms with E-state index in [1.807, 2.05) is 32.0 Å². The van der Waals surface area contributed by atoms with Crippen molar-refractivity contribution in [3.05, 3.63) is 40.4 Å². The van der Waals surface area contributed by atoms with Crippen LogP contribution in [-0.2, 0) is 20.6 Å². The average molecular weight is 343 g/mol. The first-order valence-electron chi connectivity index (χ1n) is 7.98. The molecule has 0 atom stereocenters. The molecule has 0 aliphatic carbocycles. The second kappa shape index (κ2) is 6.42. The number of anilines is 1. The highest BCUT2D eigenvalue weighted by Crippen LogP contribution is 2.14. The number of nitrogens with zero attached hydrogens (tertiary/aromatic N) is 5. The first kappa shape index (κ1) is 16.7. The zero-order valence-corrected chi connectivity index (χ0v) is 14.6. The zero-order chi connectivity index (χ0) is 18.1. The van der Waals surface area contributed by atoms with Crippen molar-refractivity contribution in [2.75, 3.05) is 5.32 Å². The van der Waals surface area contributed by atoms with Gasteiger partial charge in [0.15, 0.2) is 5.82 Å². The summed E-state index contributed by atoms with van der Waals surface area (Å²) in [7, 11) is 3.47. The lowest BCUT2D eigenvalue weighted by atomic mass is 10.2. The molecule has 3 rings (SSSR count). The molecule has 0 unspecified atom stereocenters. The maximum atomic E-state index is 12.0. The molecule has 0 bridgehead atoms.